The Labute approximate surface area is 166 Å². The Bertz CT molecular complexity index is 790. The van der Waals surface area contributed by atoms with Crippen molar-refractivity contribution in [2.45, 2.75) is 25.3 Å². The average molecular weight is 380 g/mol. The summed E-state index contributed by atoms with van der Waals surface area (Å²) in [6, 6.07) is 18.5. The van der Waals surface area contributed by atoms with Crippen LogP contribution in [-0.2, 0) is 11.3 Å². The SMILES string of the molecule is COc1ccccc1C1CC(=O)NC(N2CCN(Cc3ccccc3)CC2)N1. The second-order valence-electron chi connectivity index (χ2n) is 7.43. The number of para-hydroxylation sites is 1. The van der Waals surface area contributed by atoms with Gasteiger partial charge in [-0.2, -0.15) is 0 Å². The number of ether oxygens (including phenoxy) is 1. The van der Waals surface area contributed by atoms with E-state index in [1.165, 1.54) is 5.56 Å². The van der Waals surface area contributed by atoms with Gasteiger partial charge in [0.25, 0.3) is 0 Å². The molecule has 1 amide bonds. The number of carbonyl (C=O) groups excluding carboxylic acids is 1. The van der Waals surface area contributed by atoms with E-state index in [9.17, 15) is 4.79 Å². The van der Waals surface area contributed by atoms with Crippen molar-refractivity contribution in [3.8, 4) is 5.75 Å². The predicted molar refractivity (Wildman–Crippen MR) is 109 cm³/mol. The number of benzene rings is 2. The van der Waals surface area contributed by atoms with Gasteiger partial charge in [-0.15, -0.1) is 0 Å². The van der Waals surface area contributed by atoms with Crippen LogP contribution in [0.2, 0.25) is 0 Å². The Morgan fingerprint density at radius 1 is 1.00 bits per heavy atom. The third kappa shape index (κ3) is 4.35. The highest BCUT2D eigenvalue weighted by Gasteiger charge is 2.33. The van der Waals surface area contributed by atoms with Gasteiger partial charge in [0.15, 0.2) is 0 Å². The molecule has 0 radical (unpaired) electrons. The van der Waals surface area contributed by atoms with Crippen LogP contribution in [0.4, 0.5) is 0 Å². The first-order chi connectivity index (χ1) is 13.7. The summed E-state index contributed by atoms with van der Waals surface area (Å²) in [4.78, 5) is 17.2. The Morgan fingerprint density at radius 3 is 2.46 bits per heavy atom. The van der Waals surface area contributed by atoms with Gasteiger partial charge in [-0.1, -0.05) is 48.5 Å². The van der Waals surface area contributed by atoms with Crippen molar-refractivity contribution in [2.75, 3.05) is 33.3 Å². The lowest BCUT2D eigenvalue weighted by Crippen LogP contribution is -2.64. The molecule has 2 heterocycles. The fraction of sp³-hybridized carbons (Fsp3) is 0.409. The van der Waals surface area contributed by atoms with E-state index in [1.54, 1.807) is 7.11 Å². The maximum Gasteiger partial charge on any atom is 0.224 e. The highest BCUT2D eigenvalue weighted by atomic mass is 16.5. The standard InChI is InChI=1S/C22H28N4O2/c1-28-20-10-6-5-9-18(20)19-15-21(27)24-22(23-19)26-13-11-25(12-14-26)16-17-7-3-2-4-8-17/h2-10,19,22-23H,11-16H2,1H3,(H,24,27). The summed E-state index contributed by atoms with van der Waals surface area (Å²) in [5.74, 6) is 0.896. The molecule has 0 aromatic heterocycles. The van der Waals surface area contributed by atoms with E-state index in [0.717, 1.165) is 44.0 Å². The van der Waals surface area contributed by atoms with Gasteiger partial charge in [0.05, 0.1) is 7.11 Å². The molecule has 2 aliphatic heterocycles. The summed E-state index contributed by atoms with van der Waals surface area (Å²) < 4.78 is 5.49. The van der Waals surface area contributed by atoms with Crippen molar-refractivity contribution in [1.29, 1.82) is 0 Å². The fourth-order valence-corrected chi connectivity index (χ4v) is 4.06. The summed E-state index contributed by atoms with van der Waals surface area (Å²) in [7, 11) is 1.67. The van der Waals surface area contributed by atoms with Crippen LogP contribution in [0.25, 0.3) is 0 Å². The molecule has 2 aromatic carbocycles. The highest BCUT2D eigenvalue weighted by Crippen LogP contribution is 2.29. The smallest absolute Gasteiger partial charge is 0.224 e. The van der Waals surface area contributed by atoms with Gasteiger partial charge in [-0.3, -0.25) is 19.9 Å². The molecule has 2 fully saturated rings. The Morgan fingerprint density at radius 2 is 1.71 bits per heavy atom. The number of nitrogens with zero attached hydrogens (tertiary/aromatic N) is 2. The molecule has 2 atom stereocenters. The fourth-order valence-electron chi connectivity index (χ4n) is 4.06. The molecule has 28 heavy (non-hydrogen) atoms. The molecule has 2 aliphatic rings. The minimum Gasteiger partial charge on any atom is -0.496 e. The van der Waals surface area contributed by atoms with Gasteiger partial charge in [0.1, 0.15) is 12.0 Å². The van der Waals surface area contributed by atoms with Crippen LogP contribution in [0.1, 0.15) is 23.6 Å². The number of carbonyl (C=O) groups is 1. The maximum atomic E-state index is 12.4. The minimum absolute atomic E-state index is 0.0442. The van der Waals surface area contributed by atoms with Crippen LogP contribution < -0.4 is 15.4 Å². The molecular weight excluding hydrogens is 352 g/mol. The van der Waals surface area contributed by atoms with Crippen LogP contribution >= 0.6 is 0 Å². The summed E-state index contributed by atoms with van der Waals surface area (Å²) in [5.41, 5.74) is 2.38. The Hall–Kier alpha value is -2.41. The van der Waals surface area contributed by atoms with Crippen molar-refractivity contribution in [1.82, 2.24) is 20.4 Å². The van der Waals surface area contributed by atoms with Crippen LogP contribution in [0.5, 0.6) is 5.75 Å². The number of methoxy groups -OCH3 is 1. The number of hydrogen-bond donors (Lipinski definition) is 2. The maximum absolute atomic E-state index is 12.4. The van der Waals surface area contributed by atoms with Crippen molar-refractivity contribution >= 4 is 5.91 Å². The molecule has 2 unspecified atom stereocenters. The van der Waals surface area contributed by atoms with E-state index in [0.29, 0.717) is 6.42 Å². The first kappa shape index (κ1) is 18.9. The van der Waals surface area contributed by atoms with Crippen LogP contribution in [-0.4, -0.2) is 55.3 Å². The van der Waals surface area contributed by atoms with Crippen LogP contribution in [0.3, 0.4) is 0 Å². The molecule has 2 N–H and O–H groups in total. The van der Waals surface area contributed by atoms with Gasteiger partial charge in [-0.05, 0) is 11.6 Å². The van der Waals surface area contributed by atoms with Crippen molar-refractivity contribution < 1.29 is 9.53 Å². The number of hydrogen-bond acceptors (Lipinski definition) is 5. The van der Waals surface area contributed by atoms with Crippen LogP contribution in [0, 0.1) is 0 Å². The summed E-state index contributed by atoms with van der Waals surface area (Å²) in [5, 5.41) is 6.71. The first-order valence-corrected chi connectivity index (χ1v) is 9.91. The molecule has 2 saturated heterocycles. The molecule has 2 aromatic rings. The molecule has 148 valence electrons. The monoisotopic (exact) mass is 380 g/mol. The lowest BCUT2D eigenvalue weighted by molar-refractivity contribution is -0.127. The predicted octanol–water partition coefficient (Wildman–Crippen LogP) is 1.95. The normalized spacial score (nSPS) is 24.0. The molecule has 0 spiro atoms. The topological polar surface area (TPSA) is 56.8 Å². The van der Waals surface area contributed by atoms with Crippen molar-refractivity contribution in [2.24, 2.45) is 0 Å². The summed E-state index contributed by atoms with van der Waals surface area (Å²) >= 11 is 0. The van der Waals surface area contributed by atoms with E-state index in [1.807, 2.05) is 24.3 Å². The molecular formula is C22H28N4O2. The molecule has 6 heteroatoms. The zero-order chi connectivity index (χ0) is 19.3. The number of rotatable bonds is 5. The average Bonchev–Trinajstić information content (AvgIpc) is 2.74. The van der Waals surface area contributed by atoms with Gasteiger partial charge in [-0.25, -0.2) is 0 Å². The van der Waals surface area contributed by atoms with E-state index in [2.05, 4.69) is 50.8 Å². The number of piperazine rings is 1. The van der Waals surface area contributed by atoms with Crippen LogP contribution in [0.15, 0.2) is 54.6 Å². The third-order valence-electron chi connectivity index (χ3n) is 5.58. The van der Waals surface area contributed by atoms with E-state index in [4.69, 9.17) is 4.74 Å². The first-order valence-electron chi connectivity index (χ1n) is 9.91. The Kier molecular flexibility index (Phi) is 5.90. The number of amides is 1. The zero-order valence-corrected chi connectivity index (χ0v) is 16.3. The summed E-state index contributed by atoms with van der Waals surface area (Å²) in [6.45, 7) is 4.79. The molecule has 6 nitrogen and oxygen atoms in total. The van der Waals surface area contributed by atoms with Gasteiger partial charge in [0, 0.05) is 50.7 Å². The molecule has 4 rings (SSSR count). The van der Waals surface area contributed by atoms with Gasteiger partial charge >= 0.3 is 0 Å². The summed E-state index contributed by atoms with van der Waals surface area (Å²) in [6.07, 6.45) is 0.278. The van der Waals surface area contributed by atoms with E-state index >= 15 is 0 Å². The highest BCUT2D eigenvalue weighted by molar-refractivity contribution is 5.78. The van der Waals surface area contributed by atoms with Gasteiger partial charge in [0.2, 0.25) is 5.91 Å². The largest absolute Gasteiger partial charge is 0.496 e. The molecule has 0 saturated carbocycles. The second-order valence-corrected chi connectivity index (χ2v) is 7.43. The molecule has 0 bridgehead atoms. The van der Waals surface area contributed by atoms with E-state index < -0.39 is 0 Å². The number of nitrogens with one attached hydrogen (secondary N) is 2. The zero-order valence-electron chi connectivity index (χ0n) is 16.3. The Balaban J connectivity index is 1.37. The molecule has 0 aliphatic carbocycles. The van der Waals surface area contributed by atoms with Gasteiger partial charge < -0.3 is 10.1 Å². The van der Waals surface area contributed by atoms with E-state index in [-0.39, 0.29) is 18.2 Å². The quantitative estimate of drug-likeness (QED) is 0.830. The third-order valence-corrected chi connectivity index (χ3v) is 5.58. The lowest BCUT2D eigenvalue weighted by Gasteiger charge is -2.43. The minimum atomic E-state index is -0.143. The van der Waals surface area contributed by atoms with Crippen molar-refractivity contribution in [3.63, 3.8) is 0 Å². The lowest BCUT2D eigenvalue weighted by atomic mass is 10.0. The van der Waals surface area contributed by atoms with Crippen molar-refractivity contribution in [3.05, 3.63) is 65.7 Å². The second kappa shape index (κ2) is 8.73.